The predicted molar refractivity (Wildman–Crippen MR) is 124 cm³/mol. The summed E-state index contributed by atoms with van der Waals surface area (Å²) in [4.78, 5) is 15.5. The van der Waals surface area contributed by atoms with E-state index in [1.807, 2.05) is 30.0 Å². The van der Waals surface area contributed by atoms with Crippen molar-refractivity contribution in [1.29, 1.82) is 0 Å². The molecule has 170 valence electrons. The smallest absolute Gasteiger partial charge is 0.236 e. The van der Waals surface area contributed by atoms with Gasteiger partial charge in [-0.15, -0.1) is 0 Å². The van der Waals surface area contributed by atoms with Crippen LogP contribution in [0.1, 0.15) is 18.5 Å². The maximum absolute atomic E-state index is 13.6. The highest BCUT2D eigenvalue weighted by Gasteiger charge is 2.58. The molecule has 1 saturated heterocycles. The van der Waals surface area contributed by atoms with Crippen molar-refractivity contribution in [2.45, 2.75) is 18.7 Å². The minimum atomic E-state index is -1.01. The van der Waals surface area contributed by atoms with Gasteiger partial charge in [0.15, 0.2) is 10.8 Å². The molecule has 3 atom stereocenters. The van der Waals surface area contributed by atoms with E-state index in [1.165, 1.54) is 0 Å². The van der Waals surface area contributed by atoms with Crippen LogP contribution < -0.4 is 24.8 Å². The Balaban J connectivity index is 1.73. The number of benzene rings is 2. The van der Waals surface area contributed by atoms with Crippen molar-refractivity contribution >= 4 is 28.9 Å². The number of fused-ring (bicyclic) bond motifs is 4. The van der Waals surface area contributed by atoms with Gasteiger partial charge in [0.1, 0.15) is 23.2 Å². The minimum absolute atomic E-state index is 0.187. The van der Waals surface area contributed by atoms with Crippen molar-refractivity contribution in [2.24, 2.45) is 5.92 Å². The summed E-state index contributed by atoms with van der Waals surface area (Å²) in [5, 5.41) is 6.89. The Bertz CT molecular complexity index is 1020. The van der Waals surface area contributed by atoms with Crippen molar-refractivity contribution < 1.29 is 23.7 Å². The van der Waals surface area contributed by atoms with Crippen LogP contribution in [0.15, 0.2) is 42.5 Å². The molecule has 2 aliphatic rings. The van der Waals surface area contributed by atoms with Crippen LogP contribution in [0.3, 0.4) is 0 Å². The number of thiocarbonyl (C=S) groups is 1. The van der Waals surface area contributed by atoms with Gasteiger partial charge in [0, 0.05) is 24.9 Å². The first-order valence-electron chi connectivity index (χ1n) is 10.3. The maximum Gasteiger partial charge on any atom is 0.236 e. The molecular formula is C23H27N3O5S. The third-order valence-electron chi connectivity index (χ3n) is 6.00. The number of ether oxygens (including phenoxy) is 4. The Morgan fingerprint density at radius 3 is 2.50 bits per heavy atom. The van der Waals surface area contributed by atoms with E-state index in [0.717, 1.165) is 5.56 Å². The van der Waals surface area contributed by atoms with E-state index in [2.05, 4.69) is 10.6 Å². The highest BCUT2D eigenvalue weighted by atomic mass is 32.1. The number of methoxy groups -OCH3 is 3. The zero-order valence-corrected chi connectivity index (χ0v) is 19.3. The number of rotatable bonds is 7. The highest BCUT2D eigenvalue weighted by molar-refractivity contribution is 7.80. The van der Waals surface area contributed by atoms with Crippen LogP contribution in [-0.2, 0) is 9.53 Å². The Kier molecular flexibility index (Phi) is 6.12. The summed E-state index contributed by atoms with van der Waals surface area (Å²) >= 11 is 5.66. The number of nitrogens with one attached hydrogen (secondary N) is 2. The molecule has 4 rings (SSSR count). The van der Waals surface area contributed by atoms with E-state index < -0.39 is 11.6 Å². The largest absolute Gasteiger partial charge is 0.497 e. The van der Waals surface area contributed by atoms with Gasteiger partial charge in [-0.3, -0.25) is 4.79 Å². The fourth-order valence-electron chi connectivity index (χ4n) is 4.36. The molecule has 0 unspecified atom stereocenters. The second-order valence-electron chi connectivity index (χ2n) is 7.83. The molecule has 8 nitrogen and oxygen atoms in total. The minimum Gasteiger partial charge on any atom is -0.497 e. The number of amides is 1. The summed E-state index contributed by atoms with van der Waals surface area (Å²) in [7, 11) is 4.83. The third-order valence-corrected chi connectivity index (χ3v) is 6.34. The number of carbonyl (C=O) groups excluding carboxylic acids is 1. The first kappa shape index (κ1) is 22.2. The van der Waals surface area contributed by atoms with Gasteiger partial charge in [-0.25, -0.2) is 0 Å². The van der Waals surface area contributed by atoms with Crippen LogP contribution in [0, 0.1) is 5.92 Å². The summed E-state index contributed by atoms with van der Waals surface area (Å²) in [5.74, 6) is 1.29. The molecule has 0 aromatic heterocycles. The molecule has 1 fully saturated rings. The van der Waals surface area contributed by atoms with Crippen molar-refractivity contribution in [3.8, 4) is 17.2 Å². The molecule has 2 heterocycles. The number of hydrogen-bond acceptors (Lipinski definition) is 6. The van der Waals surface area contributed by atoms with Gasteiger partial charge in [-0.1, -0.05) is 0 Å². The van der Waals surface area contributed by atoms with Crippen LogP contribution in [0.2, 0.25) is 0 Å². The molecule has 0 aliphatic carbocycles. The Morgan fingerprint density at radius 2 is 1.84 bits per heavy atom. The molecular weight excluding hydrogens is 430 g/mol. The summed E-state index contributed by atoms with van der Waals surface area (Å²) in [6.07, 6.45) is 0. The molecule has 32 heavy (non-hydrogen) atoms. The Morgan fingerprint density at radius 1 is 1.16 bits per heavy atom. The average Bonchev–Trinajstić information content (AvgIpc) is 2.78. The molecule has 2 N–H and O–H groups in total. The number of hydrogen-bond donors (Lipinski definition) is 2. The molecule has 0 radical (unpaired) electrons. The van der Waals surface area contributed by atoms with Crippen LogP contribution in [0.5, 0.6) is 17.2 Å². The summed E-state index contributed by atoms with van der Waals surface area (Å²) < 4.78 is 22.4. The molecule has 2 aromatic carbocycles. The number of anilines is 1. The van der Waals surface area contributed by atoms with Gasteiger partial charge >= 0.3 is 0 Å². The lowest BCUT2D eigenvalue weighted by Gasteiger charge is -2.56. The van der Waals surface area contributed by atoms with Crippen molar-refractivity contribution in [3.05, 3.63) is 48.0 Å². The lowest BCUT2D eigenvalue weighted by atomic mass is 9.78. The summed E-state index contributed by atoms with van der Waals surface area (Å²) in [6, 6.07) is 12.4. The van der Waals surface area contributed by atoms with E-state index in [4.69, 9.17) is 31.2 Å². The summed E-state index contributed by atoms with van der Waals surface area (Å²) in [6.45, 7) is 2.81. The molecule has 0 saturated carbocycles. The van der Waals surface area contributed by atoms with Gasteiger partial charge in [0.25, 0.3) is 0 Å². The maximum atomic E-state index is 13.6. The first-order chi connectivity index (χ1) is 15.4. The standard InChI is InChI=1S/C23H27N3O5S/c1-23-19(21(27)24-14-5-7-15(29-3)8-6-14)20(25-22(32)26(23)11-12-28-2)17-13-16(30-4)9-10-18(17)31-23/h5-10,13,19-20H,11-12H2,1-4H3,(H,24,27)(H,25,32)/t19-,20+,23-/m0/s1. The third kappa shape index (κ3) is 3.82. The SMILES string of the molecule is COCCN1C(=S)N[C@@H]2c3cc(OC)ccc3O[C@@]1(C)[C@@H]2C(=O)Nc1ccc(OC)cc1. The van der Waals surface area contributed by atoms with Crippen LogP contribution in [-0.4, -0.2) is 56.1 Å². The van der Waals surface area contributed by atoms with Crippen molar-refractivity contribution in [1.82, 2.24) is 10.2 Å². The topological polar surface area (TPSA) is 81.3 Å². The molecule has 9 heteroatoms. The van der Waals surface area contributed by atoms with Gasteiger partial charge < -0.3 is 34.5 Å². The zero-order valence-electron chi connectivity index (χ0n) is 18.5. The Labute approximate surface area is 192 Å². The lowest BCUT2D eigenvalue weighted by Crippen LogP contribution is -2.72. The van der Waals surface area contributed by atoms with E-state index in [0.29, 0.717) is 41.2 Å². The quantitative estimate of drug-likeness (QED) is 0.615. The number of carbonyl (C=O) groups is 1. The predicted octanol–water partition coefficient (Wildman–Crippen LogP) is 2.94. The molecule has 1 amide bonds. The normalized spacial score (nSPS) is 23.5. The monoisotopic (exact) mass is 457 g/mol. The van der Waals surface area contributed by atoms with Crippen LogP contribution in [0.4, 0.5) is 5.69 Å². The second kappa shape index (κ2) is 8.84. The van der Waals surface area contributed by atoms with Gasteiger partial charge in [-0.2, -0.15) is 0 Å². The molecule has 0 spiro atoms. The van der Waals surface area contributed by atoms with E-state index in [9.17, 15) is 4.79 Å². The fraction of sp³-hybridized carbons (Fsp3) is 0.391. The van der Waals surface area contributed by atoms with E-state index >= 15 is 0 Å². The zero-order chi connectivity index (χ0) is 22.9. The van der Waals surface area contributed by atoms with Crippen molar-refractivity contribution in [2.75, 3.05) is 39.8 Å². The van der Waals surface area contributed by atoms with Gasteiger partial charge in [0.05, 0.1) is 26.9 Å². The van der Waals surface area contributed by atoms with Crippen LogP contribution >= 0.6 is 12.2 Å². The molecule has 2 aromatic rings. The van der Waals surface area contributed by atoms with E-state index in [-0.39, 0.29) is 11.9 Å². The second-order valence-corrected chi connectivity index (χ2v) is 8.21. The average molecular weight is 458 g/mol. The lowest BCUT2D eigenvalue weighted by molar-refractivity contribution is -0.150. The Hall–Kier alpha value is -3.04. The molecule has 2 bridgehead atoms. The van der Waals surface area contributed by atoms with Crippen molar-refractivity contribution in [3.63, 3.8) is 0 Å². The highest BCUT2D eigenvalue weighted by Crippen LogP contribution is 2.49. The van der Waals surface area contributed by atoms with Gasteiger partial charge in [-0.05, 0) is 61.6 Å². The van der Waals surface area contributed by atoms with Crippen LogP contribution in [0.25, 0.3) is 0 Å². The fourth-order valence-corrected chi connectivity index (χ4v) is 4.76. The first-order valence-corrected chi connectivity index (χ1v) is 10.7. The number of nitrogens with zero attached hydrogens (tertiary/aromatic N) is 1. The summed E-state index contributed by atoms with van der Waals surface area (Å²) in [5.41, 5.74) is 0.481. The molecule has 2 aliphatic heterocycles. The van der Waals surface area contributed by atoms with E-state index in [1.54, 1.807) is 45.6 Å². The van der Waals surface area contributed by atoms with Gasteiger partial charge in [0.2, 0.25) is 5.91 Å².